The summed E-state index contributed by atoms with van der Waals surface area (Å²) in [6.45, 7) is 4.41. The van der Waals surface area contributed by atoms with Gasteiger partial charge < -0.3 is 14.6 Å². The molecule has 1 unspecified atom stereocenters. The Morgan fingerprint density at radius 2 is 1.75 bits per heavy atom. The predicted molar refractivity (Wildman–Crippen MR) is 77.1 cm³/mol. The van der Waals surface area contributed by atoms with Crippen LogP contribution in [0.2, 0.25) is 0 Å². The summed E-state index contributed by atoms with van der Waals surface area (Å²) in [4.78, 5) is 0. The van der Waals surface area contributed by atoms with Gasteiger partial charge >= 0.3 is 0 Å². The first-order valence-electron chi connectivity index (χ1n) is 6.78. The van der Waals surface area contributed by atoms with Gasteiger partial charge in [-0.3, -0.25) is 0 Å². The van der Waals surface area contributed by atoms with E-state index in [1.54, 1.807) is 0 Å². The smallest absolute Gasteiger partial charge is 0.231 e. The van der Waals surface area contributed by atoms with E-state index < -0.39 is 6.10 Å². The Bertz CT molecular complexity index is 614. The lowest BCUT2D eigenvalue weighted by molar-refractivity contribution is 0.171. The second kappa shape index (κ2) is 5.17. The monoisotopic (exact) mass is 270 g/mol. The van der Waals surface area contributed by atoms with Crippen LogP contribution >= 0.6 is 0 Å². The molecule has 0 aromatic heterocycles. The summed E-state index contributed by atoms with van der Waals surface area (Å²) < 4.78 is 10.6. The number of fused-ring (bicyclic) bond motifs is 1. The largest absolute Gasteiger partial charge is 0.454 e. The molecule has 0 spiro atoms. The highest BCUT2D eigenvalue weighted by molar-refractivity contribution is 5.45. The molecule has 1 heterocycles. The van der Waals surface area contributed by atoms with Crippen LogP contribution in [0.5, 0.6) is 11.5 Å². The fourth-order valence-corrected chi connectivity index (χ4v) is 2.60. The molecule has 0 amide bonds. The number of benzene rings is 2. The molecule has 1 N–H and O–H groups in total. The molecule has 0 saturated carbocycles. The van der Waals surface area contributed by atoms with Gasteiger partial charge in [0, 0.05) is 6.42 Å². The summed E-state index contributed by atoms with van der Waals surface area (Å²) in [5, 5.41) is 10.5. The SMILES string of the molecule is Cc1cccc(C)c1CC(O)c1ccc2c(c1)OCO2. The van der Waals surface area contributed by atoms with Gasteiger partial charge in [-0.2, -0.15) is 0 Å². The zero-order chi connectivity index (χ0) is 14.1. The molecule has 1 aliphatic heterocycles. The number of ether oxygens (including phenoxy) is 2. The van der Waals surface area contributed by atoms with Crippen molar-refractivity contribution in [2.45, 2.75) is 26.4 Å². The Morgan fingerprint density at radius 1 is 1.05 bits per heavy atom. The molecule has 1 atom stereocenters. The van der Waals surface area contributed by atoms with Crippen LogP contribution in [0.25, 0.3) is 0 Å². The first kappa shape index (κ1) is 13.0. The molecule has 3 rings (SSSR count). The molecule has 2 aromatic rings. The van der Waals surface area contributed by atoms with Crippen LogP contribution in [0.15, 0.2) is 36.4 Å². The average molecular weight is 270 g/mol. The molecule has 0 fully saturated rings. The molecule has 0 aliphatic carbocycles. The highest BCUT2D eigenvalue weighted by atomic mass is 16.7. The molecule has 0 radical (unpaired) electrons. The van der Waals surface area contributed by atoms with Gasteiger partial charge in [0.2, 0.25) is 6.79 Å². The molecule has 2 aromatic carbocycles. The van der Waals surface area contributed by atoms with Gasteiger partial charge in [-0.25, -0.2) is 0 Å². The van der Waals surface area contributed by atoms with Crippen molar-refractivity contribution in [1.82, 2.24) is 0 Å². The third-order valence-corrected chi connectivity index (χ3v) is 3.82. The predicted octanol–water partition coefficient (Wildman–Crippen LogP) is 3.31. The number of hydrogen-bond donors (Lipinski definition) is 1. The van der Waals surface area contributed by atoms with Crippen molar-refractivity contribution in [2.75, 3.05) is 6.79 Å². The normalized spacial score (nSPS) is 14.3. The Labute approximate surface area is 118 Å². The minimum absolute atomic E-state index is 0.256. The van der Waals surface area contributed by atoms with Crippen LogP contribution in [0, 0.1) is 13.8 Å². The van der Waals surface area contributed by atoms with Crippen molar-refractivity contribution in [3.63, 3.8) is 0 Å². The highest BCUT2D eigenvalue weighted by Gasteiger charge is 2.17. The average Bonchev–Trinajstić information content (AvgIpc) is 2.90. The van der Waals surface area contributed by atoms with E-state index in [2.05, 4.69) is 26.0 Å². The second-order valence-corrected chi connectivity index (χ2v) is 5.20. The van der Waals surface area contributed by atoms with Crippen molar-refractivity contribution < 1.29 is 14.6 Å². The lowest BCUT2D eigenvalue weighted by Gasteiger charge is -2.15. The quantitative estimate of drug-likeness (QED) is 0.930. The van der Waals surface area contributed by atoms with E-state index in [0.29, 0.717) is 12.2 Å². The van der Waals surface area contributed by atoms with E-state index in [1.165, 1.54) is 16.7 Å². The van der Waals surface area contributed by atoms with E-state index in [0.717, 1.165) is 11.3 Å². The van der Waals surface area contributed by atoms with Crippen molar-refractivity contribution in [3.05, 3.63) is 58.7 Å². The number of aryl methyl sites for hydroxylation is 2. The van der Waals surface area contributed by atoms with E-state index >= 15 is 0 Å². The van der Waals surface area contributed by atoms with Crippen molar-refractivity contribution >= 4 is 0 Å². The molecule has 20 heavy (non-hydrogen) atoms. The van der Waals surface area contributed by atoms with Crippen LogP contribution in [0.3, 0.4) is 0 Å². The van der Waals surface area contributed by atoms with Crippen molar-refractivity contribution in [1.29, 1.82) is 0 Å². The summed E-state index contributed by atoms with van der Waals surface area (Å²) in [6, 6.07) is 11.8. The van der Waals surface area contributed by atoms with Gasteiger partial charge in [-0.1, -0.05) is 24.3 Å². The maximum Gasteiger partial charge on any atom is 0.231 e. The van der Waals surface area contributed by atoms with Crippen LogP contribution in [0.1, 0.15) is 28.4 Å². The molecule has 3 nitrogen and oxygen atoms in total. The number of aliphatic hydroxyl groups excluding tert-OH is 1. The fraction of sp³-hybridized carbons (Fsp3) is 0.294. The topological polar surface area (TPSA) is 38.7 Å². The molecule has 3 heteroatoms. The van der Waals surface area contributed by atoms with Gasteiger partial charge in [-0.05, 0) is 48.2 Å². The maximum atomic E-state index is 10.5. The van der Waals surface area contributed by atoms with Gasteiger partial charge in [0.25, 0.3) is 0 Å². The van der Waals surface area contributed by atoms with Crippen LogP contribution in [0.4, 0.5) is 0 Å². The minimum atomic E-state index is -0.538. The molecule has 104 valence electrons. The lowest BCUT2D eigenvalue weighted by atomic mass is 9.94. The summed E-state index contributed by atoms with van der Waals surface area (Å²) >= 11 is 0. The van der Waals surface area contributed by atoms with Gasteiger partial charge in [0.05, 0.1) is 6.10 Å². The lowest BCUT2D eigenvalue weighted by Crippen LogP contribution is -2.05. The number of rotatable bonds is 3. The number of hydrogen-bond acceptors (Lipinski definition) is 3. The Kier molecular flexibility index (Phi) is 3.36. The molecular weight excluding hydrogens is 252 g/mol. The van der Waals surface area contributed by atoms with Crippen molar-refractivity contribution in [3.8, 4) is 11.5 Å². The zero-order valence-electron chi connectivity index (χ0n) is 11.7. The summed E-state index contributed by atoms with van der Waals surface area (Å²) in [7, 11) is 0. The third-order valence-electron chi connectivity index (χ3n) is 3.82. The van der Waals surface area contributed by atoms with Crippen LogP contribution in [-0.2, 0) is 6.42 Å². The van der Waals surface area contributed by atoms with E-state index in [-0.39, 0.29) is 6.79 Å². The van der Waals surface area contributed by atoms with Crippen LogP contribution in [-0.4, -0.2) is 11.9 Å². The number of aliphatic hydroxyl groups is 1. The first-order valence-corrected chi connectivity index (χ1v) is 6.78. The maximum absolute atomic E-state index is 10.5. The molecule has 1 aliphatic rings. The Balaban J connectivity index is 1.84. The highest BCUT2D eigenvalue weighted by Crippen LogP contribution is 2.35. The third kappa shape index (κ3) is 2.37. The summed E-state index contributed by atoms with van der Waals surface area (Å²) in [5.74, 6) is 1.45. The first-order chi connectivity index (χ1) is 9.65. The van der Waals surface area contributed by atoms with Crippen LogP contribution < -0.4 is 9.47 Å². The van der Waals surface area contributed by atoms with E-state index in [9.17, 15) is 5.11 Å². The van der Waals surface area contributed by atoms with Gasteiger partial charge in [-0.15, -0.1) is 0 Å². The molecular formula is C17H18O3. The van der Waals surface area contributed by atoms with Gasteiger partial charge in [0.15, 0.2) is 11.5 Å². The van der Waals surface area contributed by atoms with E-state index in [4.69, 9.17) is 9.47 Å². The standard InChI is InChI=1S/C17H18O3/c1-11-4-3-5-12(2)14(11)9-15(18)13-6-7-16-17(8-13)20-10-19-16/h3-8,15,18H,9-10H2,1-2H3. The summed E-state index contributed by atoms with van der Waals surface area (Å²) in [6.07, 6.45) is 0.0716. The zero-order valence-corrected chi connectivity index (χ0v) is 11.7. The van der Waals surface area contributed by atoms with Crippen molar-refractivity contribution in [2.24, 2.45) is 0 Å². The fourth-order valence-electron chi connectivity index (χ4n) is 2.60. The minimum Gasteiger partial charge on any atom is -0.454 e. The Morgan fingerprint density at radius 3 is 2.50 bits per heavy atom. The second-order valence-electron chi connectivity index (χ2n) is 5.20. The molecule has 0 bridgehead atoms. The van der Waals surface area contributed by atoms with E-state index in [1.807, 2.05) is 24.3 Å². The Hall–Kier alpha value is -2.00. The summed E-state index contributed by atoms with van der Waals surface area (Å²) in [5.41, 5.74) is 4.49. The van der Waals surface area contributed by atoms with Gasteiger partial charge in [0.1, 0.15) is 0 Å². The molecule has 0 saturated heterocycles.